The van der Waals surface area contributed by atoms with E-state index in [0.29, 0.717) is 17.3 Å². The summed E-state index contributed by atoms with van der Waals surface area (Å²) in [6, 6.07) is 0.109. The fraction of sp³-hybridized carbons (Fsp3) is 0.529. The van der Waals surface area contributed by atoms with Gasteiger partial charge in [0.2, 0.25) is 11.6 Å². The molecule has 0 aromatic carbocycles. The molecule has 4 rings (SSSR count). The van der Waals surface area contributed by atoms with E-state index in [0.717, 1.165) is 7.05 Å². The Morgan fingerprint density at radius 1 is 1.47 bits per heavy atom. The van der Waals surface area contributed by atoms with Crippen LogP contribution in [0.15, 0.2) is 27.8 Å². The summed E-state index contributed by atoms with van der Waals surface area (Å²) < 4.78 is 10.8. The number of guanidine groups is 1. The van der Waals surface area contributed by atoms with Crippen molar-refractivity contribution in [3.05, 3.63) is 37.6 Å². The number of nitroso groups, excluding NO2 is 1. The van der Waals surface area contributed by atoms with Gasteiger partial charge in [-0.25, -0.2) is 14.9 Å². The number of methoxy groups -OCH3 is 1. The molecule has 0 aromatic heterocycles. The molecule has 34 heavy (non-hydrogen) atoms. The van der Waals surface area contributed by atoms with Crippen LogP contribution in [0.2, 0.25) is 0 Å². The van der Waals surface area contributed by atoms with E-state index in [1.165, 1.54) is 19.5 Å². The number of allylic oxidation sites excluding steroid dienone is 2. The van der Waals surface area contributed by atoms with E-state index in [4.69, 9.17) is 26.4 Å². The number of hydrogen-bond acceptors (Lipinski definition) is 13. The van der Waals surface area contributed by atoms with E-state index in [1.807, 2.05) is 4.90 Å². The molecule has 2 fully saturated rings. The highest BCUT2D eigenvalue weighted by atomic mass is 16.7. The fourth-order valence-corrected chi connectivity index (χ4v) is 4.51. The second kappa shape index (κ2) is 8.67. The molecule has 0 aromatic rings. The normalized spacial score (nSPS) is 28.3. The zero-order chi connectivity index (χ0) is 25.5. The SMILES string of the molecule is CN(N=O)C(=N)N[N+](=O)[O-].CO[C@@]12[C@H](COC(N)=O)C3=C(C(=O)C(C)=C(N)C3=O)N1C[C@@H]1N[C@@H]12. The number of ether oxygens (including phenoxy) is 2. The fourth-order valence-electron chi connectivity index (χ4n) is 4.51. The summed E-state index contributed by atoms with van der Waals surface area (Å²) in [7, 11) is 2.63. The van der Waals surface area contributed by atoms with Gasteiger partial charge in [0.1, 0.15) is 6.61 Å². The van der Waals surface area contributed by atoms with Crippen LogP contribution in [-0.2, 0) is 19.1 Å². The largest absolute Gasteiger partial charge is 0.449 e. The van der Waals surface area contributed by atoms with Crippen molar-refractivity contribution in [2.45, 2.75) is 24.7 Å². The molecule has 4 aliphatic rings. The molecule has 184 valence electrons. The Labute approximate surface area is 191 Å². The van der Waals surface area contributed by atoms with Gasteiger partial charge < -0.3 is 31.2 Å². The van der Waals surface area contributed by atoms with Crippen LogP contribution in [0.3, 0.4) is 0 Å². The summed E-state index contributed by atoms with van der Waals surface area (Å²) in [6.07, 6.45) is -0.950. The van der Waals surface area contributed by atoms with Gasteiger partial charge in [-0.2, -0.15) is 5.01 Å². The number of Topliss-reactive ketones (excluding diaryl/α,β-unsaturated/α-hetero) is 2. The van der Waals surface area contributed by atoms with Crippen molar-refractivity contribution in [2.75, 3.05) is 27.3 Å². The summed E-state index contributed by atoms with van der Waals surface area (Å²) in [6.45, 7) is 1.92. The molecule has 0 radical (unpaired) electrons. The maximum absolute atomic E-state index is 12.8. The first-order valence-corrected chi connectivity index (χ1v) is 9.79. The summed E-state index contributed by atoms with van der Waals surface area (Å²) in [5.41, 5.74) is 12.1. The molecule has 17 heteroatoms. The lowest BCUT2D eigenvalue weighted by Gasteiger charge is -2.39. The second-order valence-corrected chi connectivity index (χ2v) is 7.78. The molecular formula is C17H23N9O8. The van der Waals surface area contributed by atoms with Crippen molar-refractivity contribution in [3.63, 3.8) is 0 Å². The predicted molar refractivity (Wildman–Crippen MR) is 112 cm³/mol. The highest BCUT2D eigenvalue weighted by Crippen LogP contribution is 2.55. The van der Waals surface area contributed by atoms with Gasteiger partial charge in [0.25, 0.3) is 5.96 Å². The van der Waals surface area contributed by atoms with Crippen LogP contribution in [-0.4, -0.2) is 83.7 Å². The molecule has 1 aliphatic carbocycles. The minimum atomic E-state index is -0.957. The highest BCUT2D eigenvalue weighted by Gasteiger charge is 2.72. The number of carbonyl (C=O) groups is 3. The van der Waals surface area contributed by atoms with Crippen LogP contribution in [0.5, 0.6) is 0 Å². The van der Waals surface area contributed by atoms with Crippen LogP contribution in [0.1, 0.15) is 6.92 Å². The molecule has 3 aliphatic heterocycles. The molecule has 2 saturated heterocycles. The summed E-state index contributed by atoms with van der Waals surface area (Å²) in [5, 5.41) is 21.4. The smallest absolute Gasteiger partial charge is 0.404 e. The van der Waals surface area contributed by atoms with Crippen molar-refractivity contribution in [3.8, 4) is 0 Å². The van der Waals surface area contributed by atoms with Crippen molar-refractivity contribution >= 4 is 23.6 Å². The van der Waals surface area contributed by atoms with Crippen LogP contribution in [0.4, 0.5) is 4.79 Å². The van der Waals surface area contributed by atoms with Crippen molar-refractivity contribution < 1.29 is 28.9 Å². The molecule has 17 nitrogen and oxygen atoms in total. The maximum atomic E-state index is 12.8. The summed E-state index contributed by atoms with van der Waals surface area (Å²) >= 11 is 0. The Kier molecular flexibility index (Phi) is 6.25. The number of amides is 1. The van der Waals surface area contributed by atoms with E-state index in [9.17, 15) is 29.4 Å². The number of carbonyl (C=O) groups excluding carboxylic acids is 3. The summed E-state index contributed by atoms with van der Waals surface area (Å²) in [4.78, 5) is 57.6. The van der Waals surface area contributed by atoms with E-state index >= 15 is 0 Å². The van der Waals surface area contributed by atoms with Gasteiger partial charge in [-0.1, -0.05) is 5.43 Å². The zero-order valence-electron chi connectivity index (χ0n) is 18.4. The molecule has 7 N–H and O–H groups in total. The lowest BCUT2D eigenvalue weighted by Crippen LogP contribution is -2.55. The van der Waals surface area contributed by atoms with Gasteiger partial charge in [-0.05, 0) is 6.92 Å². The minimum Gasteiger partial charge on any atom is -0.449 e. The van der Waals surface area contributed by atoms with E-state index in [-0.39, 0.29) is 41.3 Å². The number of nitrogens with two attached hydrogens (primary N) is 2. The number of rotatable bonds is 5. The third-order valence-electron chi connectivity index (χ3n) is 6.12. The Hall–Kier alpha value is -4.12. The number of hydrazine groups is 1. The standard InChI is InChI=1S/C15H18N4O5.C2H5N5O3/c1-5-9(16)12(21)8-6(4-24-14(17)22)15(23-2)13-7(18-13)3-19(15)10(8)11(5)20;1-6(5-8)2(3)4-7(9)10/h6-7,13,18H,3-4,16H2,1-2H3,(H2,17,22);1H3,(H2,3,4)/t6-,7+,13+,15-;/m1./s1. The molecule has 4 atom stereocenters. The molecule has 0 spiro atoms. The number of fused-ring (bicyclic) bond motifs is 4. The van der Waals surface area contributed by atoms with E-state index in [1.54, 1.807) is 0 Å². The number of nitro groups is 1. The first kappa shape index (κ1) is 24.5. The maximum Gasteiger partial charge on any atom is 0.404 e. The number of primary amides is 1. The molecule has 1 amide bonds. The quantitative estimate of drug-likeness (QED) is 0.0525. The van der Waals surface area contributed by atoms with Crippen LogP contribution in [0.25, 0.3) is 0 Å². The van der Waals surface area contributed by atoms with Crippen LogP contribution >= 0.6 is 0 Å². The predicted octanol–water partition coefficient (Wildman–Crippen LogP) is -2.34. The third kappa shape index (κ3) is 3.69. The number of nitrogens with zero attached hydrogens (tertiary/aromatic N) is 4. The summed E-state index contributed by atoms with van der Waals surface area (Å²) in [5.74, 6) is -2.02. The van der Waals surface area contributed by atoms with Crippen molar-refractivity contribution in [2.24, 2.45) is 22.7 Å². The zero-order valence-corrected chi connectivity index (χ0v) is 18.4. The molecular weight excluding hydrogens is 458 g/mol. The van der Waals surface area contributed by atoms with E-state index < -0.39 is 34.5 Å². The van der Waals surface area contributed by atoms with Crippen molar-refractivity contribution in [1.29, 1.82) is 5.41 Å². The average molecular weight is 481 g/mol. The second-order valence-electron chi connectivity index (χ2n) is 7.78. The Morgan fingerprint density at radius 2 is 2.12 bits per heavy atom. The van der Waals surface area contributed by atoms with Gasteiger partial charge in [-0.3, -0.25) is 15.0 Å². The molecule has 0 saturated carbocycles. The van der Waals surface area contributed by atoms with Gasteiger partial charge in [0, 0.05) is 37.9 Å². The molecule has 3 heterocycles. The number of piperazine rings is 1. The average Bonchev–Trinajstić information content (AvgIpc) is 3.40. The van der Waals surface area contributed by atoms with Crippen LogP contribution in [0, 0.1) is 26.3 Å². The van der Waals surface area contributed by atoms with Crippen molar-refractivity contribution in [1.82, 2.24) is 20.7 Å². The van der Waals surface area contributed by atoms with Gasteiger partial charge in [0.15, 0.2) is 10.8 Å². The van der Waals surface area contributed by atoms with Gasteiger partial charge >= 0.3 is 6.09 Å². The van der Waals surface area contributed by atoms with Gasteiger partial charge in [-0.15, -0.1) is 4.91 Å². The topological polar surface area (TPSA) is 259 Å². The molecule has 0 bridgehead atoms. The van der Waals surface area contributed by atoms with E-state index in [2.05, 4.69) is 10.6 Å². The Bertz CT molecular complexity index is 1060. The number of hydrogen-bond donors (Lipinski definition) is 5. The Morgan fingerprint density at radius 3 is 2.65 bits per heavy atom. The first-order valence-electron chi connectivity index (χ1n) is 9.79. The van der Waals surface area contributed by atoms with Gasteiger partial charge in [0.05, 0.1) is 28.6 Å². The molecule has 0 unspecified atom stereocenters. The third-order valence-corrected chi connectivity index (χ3v) is 6.12. The number of ketones is 2. The lowest BCUT2D eigenvalue weighted by atomic mass is 9.82. The minimum absolute atomic E-state index is 0.0586. The van der Waals surface area contributed by atoms with Crippen LogP contribution < -0.4 is 22.2 Å². The lowest BCUT2D eigenvalue weighted by molar-refractivity contribution is -0.526. The number of nitrogens with one attached hydrogen (secondary N) is 3. The first-order chi connectivity index (χ1) is 15.9. The Balaban J connectivity index is 0.000000277. The highest BCUT2D eigenvalue weighted by molar-refractivity contribution is 6.25. The monoisotopic (exact) mass is 481 g/mol.